The lowest BCUT2D eigenvalue weighted by molar-refractivity contribution is -0.112. The fraction of sp³-hybridized carbons (Fsp3) is 0.409. The molecule has 2 aliphatic heterocycles. The molecule has 2 atom stereocenters. The van der Waals surface area contributed by atoms with Gasteiger partial charge in [-0.25, -0.2) is 8.78 Å². The van der Waals surface area contributed by atoms with Crippen molar-refractivity contribution in [2.45, 2.75) is 51.9 Å². The van der Waals surface area contributed by atoms with Crippen LogP contribution >= 0.6 is 0 Å². The number of benzene rings is 1. The molecule has 1 saturated heterocycles. The summed E-state index contributed by atoms with van der Waals surface area (Å²) < 4.78 is 34.2. The second-order valence-electron chi connectivity index (χ2n) is 7.83. The normalized spacial score (nSPS) is 20.7. The van der Waals surface area contributed by atoms with Crippen molar-refractivity contribution in [2.75, 3.05) is 6.61 Å². The average molecular weight is 416 g/mol. The minimum atomic E-state index is -0.726. The number of halogens is 2. The number of rotatable bonds is 4. The molecule has 6 nitrogen and oxygen atoms in total. The number of pyridine rings is 1. The van der Waals surface area contributed by atoms with Crippen molar-refractivity contribution in [2.24, 2.45) is 0 Å². The van der Waals surface area contributed by atoms with Gasteiger partial charge in [-0.3, -0.25) is 14.4 Å². The molecule has 1 aromatic carbocycles. The van der Waals surface area contributed by atoms with E-state index in [0.29, 0.717) is 13.2 Å². The summed E-state index contributed by atoms with van der Waals surface area (Å²) in [6.45, 7) is 4.36. The van der Waals surface area contributed by atoms with E-state index in [1.54, 1.807) is 9.47 Å². The summed E-state index contributed by atoms with van der Waals surface area (Å²) in [5.41, 5.74) is 0.159. The summed E-state index contributed by atoms with van der Waals surface area (Å²) in [5.74, 6) is -2.14. The van der Waals surface area contributed by atoms with Crippen molar-refractivity contribution in [3.05, 3.63) is 68.6 Å². The van der Waals surface area contributed by atoms with E-state index in [-0.39, 0.29) is 47.2 Å². The van der Waals surface area contributed by atoms with Crippen LogP contribution in [0.5, 0.6) is 0 Å². The van der Waals surface area contributed by atoms with Crippen LogP contribution in [0.25, 0.3) is 0 Å². The van der Waals surface area contributed by atoms with Gasteiger partial charge in [0.1, 0.15) is 17.3 Å². The van der Waals surface area contributed by atoms with Crippen LogP contribution in [0.15, 0.2) is 29.2 Å². The number of hydrogen-bond donors (Lipinski definition) is 0. The van der Waals surface area contributed by atoms with Gasteiger partial charge in [0.15, 0.2) is 17.4 Å². The van der Waals surface area contributed by atoms with Gasteiger partial charge in [0.25, 0.3) is 5.91 Å². The molecule has 0 bridgehead atoms. The Morgan fingerprint density at radius 1 is 1.27 bits per heavy atom. The maximum absolute atomic E-state index is 13.8. The average Bonchev–Trinajstić information content (AvgIpc) is 2.69. The van der Waals surface area contributed by atoms with Gasteiger partial charge in [-0.2, -0.15) is 0 Å². The van der Waals surface area contributed by atoms with Crippen LogP contribution in [0.3, 0.4) is 0 Å². The first-order chi connectivity index (χ1) is 14.3. The van der Waals surface area contributed by atoms with Crippen LogP contribution in [-0.4, -0.2) is 40.0 Å². The zero-order valence-corrected chi connectivity index (χ0v) is 16.8. The molecular weight excluding hydrogens is 394 g/mol. The van der Waals surface area contributed by atoms with Crippen molar-refractivity contribution >= 4 is 11.7 Å². The third kappa shape index (κ3) is 3.45. The molecule has 1 amide bonds. The van der Waals surface area contributed by atoms with Crippen LogP contribution in [0.2, 0.25) is 0 Å². The number of ether oxygens (including phenoxy) is 1. The Bertz CT molecular complexity index is 1100. The molecule has 2 aliphatic rings. The third-order valence-electron chi connectivity index (χ3n) is 5.87. The maximum atomic E-state index is 13.8. The Balaban J connectivity index is 1.63. The number of amides is 1. The van der Waals surface area contributed by atoms with E-state index in [1.165, 1.54) is 19.2 Å². The van der Waals surface area contributed by atoms with E-state index < -0.39 is 29.1 Å². The van der Waals surface area contributed by atoms with E-state index >= 15 is 0 Å². The smallest absolute Gasteiger partial charge is 0.273 e. The number of aromatic nitrogens is 1. The highest BCUT2D eigenvalue weighted by atomic mass is 19.1. The molecular formula is C22H22F2N2O4. The second-order valence-corrected chi connectivity index (χ2v) is 7.83. The summed E-state index contributed by atoms with van der Waals surface area (Å²) in [5, 5.41) is 0. The largest absolute Gasteiger partial charge is 0.356 e. The number of carbonyl (C=O) groups is 2. The molecule has 0 unspecified atom stereocenters. The number of ketones is 1. The van der Waals surface area contributed by atoms with Crippen molar-refractivity contribution < 1.29 is 23.1 Å². The predicted molar refractivity (Wildman–Crippen MR) is 104 cm³/mol. The number of fused-ring (bicyclic) bond motifs is 2. The molecule has 3 heterocycles. The highest BCUT2D eigenvalue weighted by molar-refractivity contribution is 5.99. The van der Waals surface area contributed by atoms with Crippen molar-refractivity contribution in [3.63, 3.8) is 0 Å². The van der Waals surface area contributed by atoms with Gasteiger partial charge in [-0.05, 0) is 38.3 Å². The Morgan fingerprint density at radius 2 is 2.03 bits per heavy atom. The summed E-state index contributed by atoms with van der Waals surface area (Å²) in [7, 11) is 0. The number of aryl methyl sites for hydroxylation is 1. The highest BCUT2D eigenvalue weighted by Gasteiger charge is 2.40. The maximum Gasteiger partial charge on any atom is 0.273 e. The first-order valence-electron chi connectivity index (χ1n) is 9.93. The Hall–Kier alpha value is -2.87. The van der Waals surface area contributed by atoms with E-state index in [2.05, 4.69) is 0 Å². The van der Waals surface area contributed by atoms with Crippen molar-refractivity contribution in [1.29, 1.82) is 0 Å². The zero-order valence-electron chi connectivity index (χ0n) is 16.8. The molecule has 0 aliphatic carbocycles. The number of nitrogens with zero attached hydrogens (tertiary/aromatic N) is 2. The second kappa shape index (κ2) is 7.75. The Kier molecular flexibility index (Phi) is 5.27. The summed E-state index contributed by atoms with van der Waals surface area (Å²) >= 11 is 0. The summed E-state index contributed by atoms with van der Waals surface area (Å²) in [6, 6.07) is 3.19. The van der Waals surface area contributed by atoms with Crippen molar-refractivity contribution in [1.82, 2.24) is 9.47 Å². The fourth-order valence-corrected chi connectivity index (χ4v) is 4.18. The van der Waals surface area contributed by atoms with Gasteiger partial charge in [0.2, 0.25) is 0 Å². The molecule has 0 N–H and O–H groups in total. The molecule has 8 heteroatoms. The van der Waals surface area contributed by atoms with E-state index in [1.807, 2.05) is 6.92 Å². The van der Waals surface area contributed by atoms with E-state index in [0.717, 1.165) is 18.6 Å². The molecule has 2 aromatic rings. The van der Waals surface area contributed by atoms with Gasteiger partial charge < -0.3 is 14.2 Å². The molecule has 30 heavy (non-hydrogen) atoms. The fourth-order valence-electron chi connectivity index (χ4n) is 4.18. The van der Waals surface area contributed by atoms with E-state index in [4.69, 9.17) is 4.74 Å². The summed E-state index contributed by atoms with van der Waals surface area (Å²) in [4.78, 5) is 40.2. The topological polar surface area (TPSA) is 68.6 Å². The minimum absolute atomic E-state index is 0.00594. The first kappa shape index (κ1) is 20.4. The molecule has 0 saturated carbocycles. The van der Waals surface area contributed by atoms with Crippen molar-refractivity contribution in [3.8, 4) is 0 Å². The van der Waals surface area contributed by atoms with Crippen LogP contribution in [0, 0.1) is 18.6 Å². The lowest BCUT2D eigenvalue weighted by atomic mass is 9.99. The molecule has 1 aromatic heterocycles. The van der Waals surface area contributed by atoms with Crippen LogP contribution in [0.1, 0.15) is 51.7 Å². The number of carbonyl (C=O) groups excluding carboxylic acids is 2. The van der Waals surface area contributed by atoms with Gasteiger partial charge in [-0.15, -0.1) is 0 Å². The highest BCUT2D eigenvalue weighted by Crippen LogP contribution is 2.27. The Labute approximate surface area is 172 Å². The lowest BCUT2D eigenvalue weighted by Crippen LogP contribution is -2.57. The lowest BCUT2D eigenvalue weighted by Gasteiger charge is -2.44. The molecule has 158 valence electrons. The molecule has 0 radical (unpaired) electrons. The standard InChI is InChI=1S/C22H22F2N2O4/c1-12-7-8-30-19-11-25-10-16(21(28)13(2)20(25)22(29)26(12)19)18(27)6-4-14-3-5-15(23)9-17(14)24/h3,5,9-10,12,19H,4,6-8,11H2,1-2H3/t12-,19+/m0/s1. The third-order valence-corrected chi connectivity index (χ3v) is 5.87. The number of hydrogen-bond acceptors (Lipinski definition) is 4. The van der Waals surface area contributed by atoms with Crippen LogP contribution in [0.4, 0.5) is 8.78 Å². The van der Waals surface area contributed by atoms with Crippen LogP contribution < -0.4 is 5.43 Å². The first-order valence-corrected chi connectivity index (χ1v) is 9.93. The van der Waals surface area contributed by atoms with Gasteiger partial charge in [-0.1, -0.05) is 6.07 Å². The zero-order chi connectivity index (χ0) is 21.6. The minimum Gasteiger partial charge on any atom is -0.356 e. The SMILES string of the molecule is Cc1c2n(cc(C(=O)CCc3ccc(F)cc3F)c1=O)C[C@H]1OCC[C@H](C)N1C2=O. The monoisotopic (exact) mass is 416 g/mol. The van der Waals surface area contributed by atoms with Gasteiger partial charge in [0, 0.05) is 30.3 Å². The molecule has 1 fully saturated rings. The summed E-state index contributed by atoms with van der Waals surface area (Å²) in [6.07, 6.45) is 1.63. The van der Waals surface area contributed by atoms with Gasteiger partial charge in [0.05, 0.1) is 18.7 Å². The van der Waals surface area contributed by atoms with E-state index in [9.17, 15) is 23.2 Å². The number of Topliss-reactive ketones (excluding diaryl/α,β-unsaturated/α-hetero) is 1. The molecule has 4 rings (SSSR count). The Morgan fingerprint density at radius 3 is 2.77 bits per heavy atom. The van der Waals surface area contributed by atoms with Gasteiger partial charge >= 0.3 is 0 Å². The molecule has 0 spiro atoms. The van der Waals surface area contributed by atoms with Crippen LogP contribution in [-0.2, 0) is 17.7 Å². The quantitative estimate of drug-likeness (QED) is 0.719. The predicted octanol–water partition coefficient (Wildman–Crippen LogP) is 2.84.